The van der Waals surface area contributed by atoms with Crippen LogP contribution in [0, 0.1) is 0 Å². The topological polar surface area (TPSA) is 88.8 Å². The average Bonchev–Trinajstić information content (AvgIpc) is 2.99. The normalized spacial score (nSPS) is 13.3. The molecule has 0 saturated heterocycles. The number of carboxylic acid groups (broad SMARTS) is 1. The van der Waals surface area contributed by atoms with Crippen molar-refractivity contribution in [3.63, 3.8) is 0 Å². The second-order valence-corrected chi connectivity index (χ2v) is 6.03. The molecule has 2 N–H and O–H groups in total. The molecule has 1 unspecified atom stereocenters. The molecule has 0 fully saturated rings. The zero-order valence-corrected chi connectivity index (χ0v) is 14.4. The second kappa shape index (κ2) is 7.25. The Morgan fingerprint density at radius 1 is 1.25 bits per heavy atom. The molecule has 128 valence electrons. The van der Waals surface area contributed by atoms with Crippen LogP contribution in [0.5, 0.6) is 0 Å². The number of hydrogen-bond acceptors (Lipinski definition) is 4. The van der Waals surface area contributed by atoms with Crippen LogP contribution in [-0.4, -0.2) is 24.1 Å². The summed E-state index contributed by atoms with van der Waals surface area (Å²) in [5, 5.41) is 12.5. The number of aliphatic carboxylic acids is 1. The minimum atomic E-state index is -1.71. The van der Waals surface area contributed by atoms with Crippen molar-refractivity contribution < 1.29 is 23.8 Å². The van der Waals surface area contributed by atoms with Crippen molar-refractivity contribution in [1.82, 2.24) is 5.32 Å². The van der Waals surface area contributed by atoms with E-state index < -0.39 is 17.4 Å². The number of furan rings is 1. The number of carboxylic acids is 1. The lowest BCUT2D eigenvalue weighted by molar-refractivity contribution is -0.144. The molecule has 24 heavy (non-hydrogen) atoms. The monoisotopic (exact) mass is 371 g/mol. The first-order valence-electron chi connectivity index (χ1n) is 6.87. The molecule has 8 heteroatoms. The van der Waals surface area contributed by atoms with Crippen molar-refractivity contribution in [3.05, 3.63) is 57.5 Å². The molecule has 1 aromatic heterocycles. The number of halogens is 2. The van der Waals surface area contributed by atoms with Gasteiger partial charge in [0.05, 0.1) is 10.0 Å². The van der Waals surface area contributed by atoms with Gasteiger partial charge in [0, 0.05) is 7.11 Å². The maximum atomic E-state index is 12.3. The highest BCUT2D eigenvalue weighted by Gasteiger charge is 2.38. The molecule has 0 aliphatic heterocycles. The van der Waals surface area contributed by atoms with Gasteiger partial charge in [-0.3, -0.25) is 4.79 Å². The summed E-state index contributed by atoms with van der Waals surface area (Å²) in [5.41, 5.74) is -1.43. The summed E-state index contributed by atoms with van der Waals surface area (Å²) in [4.78, 5) is 24.1. The molecular weight excluding hydrogens is 357 g/mol. The van der Waals surface area contributed by atoms with E-state index >= 15 is 0 Å². The molecule has 1 atom stereocenters. The van der Waals surface area contributed by atoms with Gasteiger partial charge in [0.2, 0.25) is 0 Å². The molecule has 2 aromatic rings. The van der Waals surface area contributed by atoms with Gasteiger partial charge in [0.25, 0.3) is 5.91 Å². The van der Waals surface area contributed by atoms with Gasteiger partial charge >= 0.3 is 5.97 Å². The molecule has 0 aliphatic rings. The highest BCUT2D eigenvalue weighted by molar-refractivity contribution is 6.42. The molecular formula is C16H15Cl2NO5. The molecule has 1 aromatic carbocycles. The van der Waals surface area contributed by atoms with Crippen LogP contribution in [0.4, 0.5) is 0 Å². The quantitative estimate of drug-likeness (QED) is 0.811. The number of hydrogen-bond donors (Lipinski definition) is 2. The van der Waals surface area contributed by atoms with Crippen molar-refractivity contribution in [3.8, 4) is 0 Å². The van der Waals surface area contributed by atoms with Crippen LogP contribution < -0.4 is 5.32 Å². The van der Waals surface area contributed by atoms with Gasteiger partial charge in [-0.2, -0.15) is 0 Å². The molecule has 0 saturated carbocycles. The van der Waals surface area contributed by atoms with Gasteiger partial charge in [-0.25, -0.2) is 4.79 Å². The third-order valence-electron chi connectivity index (χ3n) is 3.46. The van der Waals surface area contributed by atoms with Crippen LogP contribution in [0.15, 0.2) is 34.7 Å². The fourth-order valence-corrected chi connectivity index (χ4v) is 2.36. The van der Waals surface area contributed by atoms with E-state index in [1.807, 2.05) is 0 Å². The molecule has 0 bridgehead atoms. The Labute approximate surface area is 148 Å². The Morgan fingerprint density at radius 2 is 1.96 bits per heavy atom. The lowest BCUT2D eigenvalue weighted by Crippen LogP contribution is -2.49. The summed E-state index contributed by atoms with van der Waals surface area (Å²) in [7, 11) is 1.49. The Balaban J connectivity index is 2.31. The Kier molecular flexibility index (Phi) is 5.54. The first-order valence-corrected chi connectivity index (χ1v) is 7.62. The van der Waals surface area contributed by atoms with Gasteiger partial charge < -0.3 is 19.6 Å². The largest absolute Gasteiger partial charge is 0.479 e. The number of nitrogens with one attached hydrogen (secondary N) is 1. The molecule has 1 amide bonds. The lowest BCUT2D eigenvalue weighted by Gasteiger charge is -2.26. The van der Waals surface area contributed by atoms with E-state index in [4.69, 9.17) is 32.4 Å². The highest BCUT2D eigenvalue weighted by atomic mass is 35.5. The van der Waals surface area contributed by atoms with Gasteiger partial charge in [-0.1, -0.05) is 29.3 Å². The summed E-state index contributed by atoms with van der Waals surface area (Å²) in [5.74, 6) is -1.49. The third kappa shape index (κ3) is 3.72. The SMILES string of the molecule is COCc1ccc(C(=O)NC(C)(C(=O)O)c2ccc(Cl)c(Cl)c2)o1. The Bertz CT molecular complexity index is 774. The second-order valence-electron chi connectivity index (χ2n) is 5.21. The van der Waals surface area contributed by atoms with Crippen LogP contribution >= 0.6 is 23.2 Å². The average molecular weight is 372 g/mol. The zero-order chi connectivity index (χ0) is 17.9. The van der Waals surface area contributed by atoms with Crippen LogP contribution in [-0.2, 0) is 21.7 Å². The number of carbonyl (C=O) groups excluding carboxylic acids is 1. The van der Waals surface area contributed by atoms with Crippen LogP contribution in [0.25, 0.3) is 0 Å². The highest BCUT2D eigenvalue weighted by Crippen LogP contribution is 2.29. The van der Waals surface area contributed by atoms with E-state index in [1.54, 1.807) is 6.07 Å². The van der Waals surface area contributed by atoms with E-state index in [9.17, 15) is 14.7 Å². The van der Waals surface area contributed by atoms with Gasteiger partial charge in [-0.05, 0) is 36.8 Å². The van der Waals surface area contributed by atoms with E-state index in [0.717, 1.165) is 0 Å². The number of methoxy groups -OCH3 is 1. The number of carbonyl (C=O) groups is 2. The minimum Gasteiger partial charge on any atom is -0.479 e. The summed E-state index contributed by atoms with van der Waals surface area (Å²) < 4.78 is 10.2. The van der Waals surface area contributed by atoms with E-state index in [0.29, 0.717) is 5.76 Å². The number of ether oxygens (including phenoxy) is 1. The summed E-state index contributed by atoms with van der Waals surface area (Å²) in [6.07, 6.45) is 0. The smallest absolute Gasteiger partial charge is 0.333 e. The molecule has 0 radical (unpaired) electrons. The predicted molar refractivity (Wildman–Crippen MR) is 88.3 cm³/mol. The van der Waals surface area contributed by atoms with Crippen LogP contribution in [0.2, 0.25) is 10.0 Å². The molecule has 0 spiro atoms. The lowest BCUT2D eigenvalue weighted by atomic mass is 9.92. The molecule has 2 rings (SSSR count). The van der Waals surface area contributed by atoms with E-state index in [1.165, 1.54) is 38.3 Å². The minimum absolute atomic E-state index is 0.0189. The fraction of sp³-hybridized carbons (Fsp3) is 0.250. The third-order valence-corrected chi connectivity index (χ3v) is 4.20. The number of amides is 1. The van der Waals surface area contributed by atoms with E-state index in [2.05, 4.69) is 5.32 Å². The van der Waals surface area contributed by atoms with Crippen molar-refractivity contribution >= 4 is 35.1 Å². The van der Waals surface area contributed by atoms with Crippen molar-refractivity contribution in [2.45, 2.75) is 19.1 Å². The standard InChI is InChI=1S/C16H15Cl2NO5/c1-16(15(21)22,9-3-5-11(17)12(18)7-9)19-14(20)13-6-4-10(24-13)8-23-2/h3-7H,8H2,1-2H3,(H,19,20)(H,21,22). The first-order chi connectivity index (χ1) is 11.3. The summed E-state index contributed by atoms with van der Waals surface area (Å²) in [6, 6.07) is 7.38. The summed E-state index contributed by atoms with van der Waals surface area (Å²) >= 11 is 11.8. The maximum absolute atomic E-state index is 12.3. The van der Waals surface area contributed by atoms with Gasteiger partial charge in [0.1, 0.15) is 12.4 Å². The molecule has 0 aliphatic carbocycles. The van der Waals surface area contributed by atoms with E-state index in [-0.39, 0.29) is 28.0 Å². The van der Waals surface area contributed by atoms with Crippen LogP contribution in [0.3, 0.4) is 0 Å². The summed E-state index contributed by atoms with van der Waals surface area (Å²) in [6.45, 7) is 1.56. The van der Waals surface area contributed by atoms with Crippen molar-refractivity contribution in [2.24, 2.45) is 0 Å². The van der Waals surface area contributed by atoms with Crippen LogP contribution in [0.1, 0.15) is 28.8 Å². The van der Waals surface area contributed by atoms with Crippen molar-refractivity contribution in [2.75, 3.05) is 7.11 Å². The maximum Gasteiger partial charge on any atom is 0.333 e. The zero-order valence-electron chi connectivity index (χ0n) is 12.9. The van der Waals surface area contributed by atoms with Crippen molar-refractivity contribution in [1.29, 1.82) is 0 Å². The Morgan fingerprint density at radius 3 is 2.54 bits per heavy atom. The molecule has 6 nitrogen and oxygen atoms in total. The predicted octanol–water partition coefficient (Wildman–Crippen LogP) is 3.46. The number of rotatable bonds is 6. The Hall–Kier alpha value is -2.02. The molecule has 1 heterocycles. The van der Waals surface area contributed by atoms with Gasteiger partial charge in [-0.15, -0.1) is 0 Å². The fourth-order valence-electron chi connectivity index (χ4n) is 2.06. The first kappa shape index (κ1) is 18.3. The van der Waals surface area contributed by atoms with Gasteiger partial charge in [0.15, 0.2) is 11.3 Å². The number of benzene rings is 1.